The molecule has 5 nitrogen and oxygen atoms in total. The molecular weight excluding hydrogens is 393 g/mol. The van der Waals surface area contributed by atoms with Crippen LogP contribution in [0.2, 0.25) is 5.02 Å². The third-order valence-corrected chi connectivity index (χ3v) is 5.56. The van der Waals surface area contributed by atoms with Gasteiger partial charge in [0.05, 0.1) is 19.0 Å². The van der Waals surface area contributed by atoms with Gasteiger partial charge in [-0.2, -0.15) is 0 Å². The number of benzene rings is 2. The average Bonchev–Trinajstić information content (AvgIpc) is 2.60. The van der Waals surface area contributed by atoms with E-state index in [4.69, 9.17) is 21.1 Å². The molecule has 148 valence electrons. The number of nitrogens with one attached hydrogen (secondary N) is 1. The molecule has 0 unspecified atom stereocenters. The summed E-state index contributed by atoms with van der Waals surface area (Å²) in [6, 6.07) is 8.76. The highest BCUT2D eigenvalue weighted by molar-refractivity contribution is 7.88. The number of hydrogen-bond donors (Lipinski definition) is 1. The van der Waals surface area contributed by atoms with Crippen LogP contribution < -0.4 is 14.2 Å². The largest absolute Gasteiger partial charge is 0.490 e. The summed E-state index contributed by atoms with van der Waals surface area (Å²) < 4.78 is 52.5. The summed E-state index contributed by atoms with van der Waals surface area (Å²) in [5.41, 5.74) is 0.644. The Morgan fingerprint density at radius 1 is 1.11 bits per heavy atom. The standard InChI is InChI=1S/C19H23ClFNO4S/c1-4-25-18-10-9-14(11-19(18)26-5-2)13(3)22-27(23,24)12-15-16(20)7-6-8-17(15)21/h6-11,13,22H,4-5,12H2,1-3H3/t13-/m0/s1. The minimum Gasteiger partial charge on any atom is -0.490 e. The SMILES string of the molecule is CCOc1ccc([C@H](C)NS(=O)(=O)Cc2c(F)cccc2Cl)cc1OCC. The number of hydrogen-bond acceptors (Lipinski definition) is 4. The average molecular weight is 416 g/mol. The van der Waals surface area contributed by atoms with E-state index in [-0.39, 0.29) is 10.6 Å². The third-order valence-electron chi connectivity index (χ3n) is 3.82. The molecule has 0 saturated heterocycles. The topological polar surface area (TPSA) is 64.6 Å². The Morgan fingerprint density at radius 3 is 2.41 bits per heavy atom. The molecule has 0 aliphatic heterocycles. The highest BCUT2D eigenvalue weighted by Gasteiger charge is 2.21. The van der Waals surface area contributed by atoms with Crippen LogP contribution in [0, 0.1) is 5.82 Å². The van der Waals surface area contributed by atoms with Gasteiger partial charge >= 0.3 is 0 Å². The first-order valence-electron chi connectivity index (χ1n) is 8.59. The second-order valence-electron chi connectivity index (χ2n) is 5.87. The number of rotatable bonds is 9. The maximum Gasteiger partial charge on any atom is 0.216 e. The van der Waals surface area contributed by atoms with Crippen LogP contribution in [-0.2, 0) is 15.8 Å². The first-order chi connectivity index (χ1) is 12.8. The molecule has 0 heterocycles. The summed E-state index contributed by atoms with van der Waals surface area (Å²) in [4.78, 5) is 0. The van der Waals surface area contributed by atoms with Crippen molar-refractivity contribution in [3.05, 3.63) is 58.4 Å². The van der Waals surface area contributed by atoms with E-state index in [1.54, 1.807) is 25.1 Å². The molecule has 2 aromatic rings. The zero-order valence-corrected chi connectivity index (χ0v) is 17.0. The molecule has 2 rings (SSSR count). The van der Waals surface area contributed by atoms with Gasteiger partial charge < -0.3 is 9.47 Å². The molecule has 0 fully saturated rings. The van der Waals surface area contributed by atoms with Crippen molar-refractivity contribution >= 4 is 21.6 Å². The van der Waals surface area contributed by atoms with Gasteiger partial charge in [0.2, 0.25) is 10.0 Å². The summed E-state index contributed by atoms with van der Waals surface area (Å²) in [5.74, 6) is -0.0605. The van der Waals surface area contributed by atoms with Gasteiger partial charge in [-0.15, -0.1) is 0 Å². The van der Waals surface area contributed by atoms with Gasteiger partial charge in [-0.25, -0.2) is 17.5 Å². The van der Waals surface area contributed by atoms with Crippen LogP contribution in [0.25, 0.3) is 0 Å². The van der Waals surface area contributed by atoms with Crippen LogP contribution in [0.1, 0.15) is 37.9 Å². The van der Waals surface area contributed by atoms with E-state index in [1.807, 2.05) is 13.8 Å². The van der Waals surface area contributed by atoms with Crippen LogP contribution in [0.5, 0.6) is 11.5 Å². The van der Waals surface area contributed by atoms with Crippen molar-refractivity contribution in [2.24, 2.45) is 0 Å². The molecule has 0 radical (unpaired) electrons. The zero-order chi connectivity index (χ0) is 20.0. The van der Waals surface area contributed by atoms with E-state index in [2.05, 4.69) is 4.72 Å². The van der Waals surface area contributed by atoms with Crippen molar-refractivity contribution in [3.63, 3.8) is 0 Å². The molecule has 0 amide bonds. The summed E-state index contributed by atoms with van der Waals surface area (Å²) in [6.07, 6.45) is 0. The van der Waals surface area contributed by atoms with Gasteiger partial charge in [-0.05, 0) is 50.6 Å². The van der Waals surface area contributed by atoms with Crippen molar-refractivity contribution in [1.29, 1.82) is 0 Å². The predicted octanol–water partition coefficient (Wildman–Crippen LogP) is 4.46. The lowest BCUT2D eigenvalue weighted by Crippen LogP contribution is -2.28. The summed E-state index contributed by atoms with van der Waals surface area (Å²) in [6.45, 7) is 6.37. The van der Waals surface area contributed by atoms with Crippen LogP contribution in [-0.4, -0.2) is 21.6 Å². The zero-order valence-electron chi connectivity index (χ0n) is 15.5. The number of halogens is 2. The van der Waals surface area contributed by atoms with Gasteiger partial charge in [0.1, 0.15) is 5.82 Å². The van der Waals surface area contributed by atoms with E-state index in [9.17, 15) is 12.8 Å². The molecule has 1 N–H and O–H groups in total. The van der Waals surface area contributed by atoms with Gasteiger partial charge in [0, 0.05) is 16.6 Å². The minimum atomic E-state index is -3.82. The predicted molar refractivity (Wildman–Crippen MR) is 104 cm³/mol. The highest BCUT2D eigenvalue weighted by atomic mass is 35.5. The molecule has 0 aromatic heterocycles. The first-order valence-corrected chi connectivity index (χ1v) is 10.6. The molecule has 0 aliphatic carbocycles. The Hall–Kier alpha value is -1.83. The maximum atomic E-state index is 13.9. The van der Waals surface area contributed by atoms with Crippen molar-refractivity contribution in [3.8, 4) is 11.5 Å². The number of sulfonamides is 1. The summed E-state index contributed by atoms with van der Waals surface area (Å²) >= 11 is 5.93. The monoisotopic (exact) mass is 415 g/mol. The van der Waals surface area contributed by atoms with Crippen molar-refractivity contribution in [2.75, 3.05) is 13.2 Å². The summed E-state index contributed by atoms with van der Waals surface area (Å²) in [5, 5.41) is 0.0766. The van der Waals surface area contributed by atoms with Crippen molar-refractivity contribution in [1.82, 2.24) is 4.72 Å². The van der Waals surface area contributed by atoms with Gasteiger partial charge in [0.15, 0.2) is 11.5 Å². The first kappa shape index (κ1) is 21.5. The second-order valence-corrected chi connectivity index (χ2v) is 8.03. The van der Waals surface area contributed by atoms with Gasteiger partial charge in [0.25, 0.3) is 0 Å². The fourth-order valence-corrected chi connectivity index (χ4v) is 4.32. The molecule has 1 atom stereocenters. The lowest BCUT2D eigenvalue weighted by molar-refractivity contribution is 0.287. The third kappa shape index (κ3) is 5.82. The summed E-state index contributed by atoms with van der Waals surface area (Å²) in [7, 11) is -3.82. The lowest BCUT2D eigenvalue weighted by Gasteiger charge is -2.18. The molecule has 0 saturated carbocycles. The van der Waals surface area contributed by atoms with E-state index in [1.165, 1.54) is 18.2 Å². The molecular formula is C19H23ClFNO4S. The molecule has 0 spiro atoms. The smallest absolute Gasteiger partial charge is 0.216 e. The quantitative estimate of drug-likeness (QED) is 0.656. The van der Waals surface area contributed by atoms with Crippen LogP contribution in [0.15, 0.2) is 36.4 Å². The normalized spacial score (nSPS) is 12.6. The molecule has 2 aromatic carbocycles. The Balaban J connectivity index is 2.20. The van der Waals surface area contributed by atoms with Crippen LogP contribution in [0.4, 0.5) is 4.39 Å². The van der Waals surface area contributed by atoms with Crippen LogP contribution >= 0.6 is 11.6 Å². The number of ether oxygens (including phenoxy) is 2. The Labute approximate surface area is 164 Å². The Kier molecular flexibility index (Phi) is 7.47. The molecule has 27 heavy (non-hydrogen) atoms. The van der Waals surface area contributed by atoms with Gasteiger partial charge in [-0.3, -0.25) is 0 Å². The minimum absolute atomic E-state index is 0.0550. The fraction of sp³-hybridized carbons (Fsp3) is 0.368. The van der Waals surface area contributed by atoms with E-state index >= 15 is 0 Å². The van der Waals surface area contributed by atoms with Crippen molar-refractivity contribution in [2.45, 2.75) is 32.6 Å². The Morgan fingerprint density at radius 2 is 1.78 bits per heavy atom. The lowest BCUT2D eigenvalue weighted by atomic mass is 10.1. The van der Waals surface area contributed by atoms with Crippen LogP contribution in [0.3, 0.4) is 0 Å². The highest BCUT2D eigenvalue weighted by Crippen LogP contribution is 2.31. The maximum absolute atomic E-state index is 13.9. The Bertz CT molecular complexity index is 869. The second kappa shape index (κ2) is 9.39. The molecule has 8 heteroatoms. The van der Waals surface area contributed by atoms with Gasteiger partial charge in [-0.1, -0.05) is 23.7 Å². The van der Waals surface area contributed by atoms with Crippen molar-refractivity contribution < 1.29 is 22.3 Å². The van der Waals surface area contributed by atoms with E-state index < -0.39 is 27.6 Å². The molecule has 0 bridgehead atoms. The van der Waals surface area contributed by atoms with E-state index in [0.29, 0.717) is 30.3 Å². The van der Waals surface area contributed by atoms with E-state index in [0.717, 1.165) is 0 Å². The molecule has 0 aliphatic rings. The fourth-order valence-electron chi connectivity index (χ4n) is 2.58.